The predicted molar refractivity (Wildman–Crippen MR) is 45.5 cm³/mol. The molecule has 2 nitrogen and oxygen atoms in total. The molecular formula is C4H8INOS. The number of rotatable bonds is 2. The lowest BCUT2D eigenvalue weighted by atomic mass is 10.6. The molecule has 0 aliphatic heterocycles. The molecule has 0 radical (unpaired) electrons. The quantitative estimate of drug-likeness (QED) is 0.330. The van der Waals surface area contributed by atoms with Gasteiger partial charge in [-0.3, -0.25) is 4.79 Å². The van der Waals surface area contributed by atoms with E-state index in [4.69, 9.17) is 0 Å². The van der Waals surface area contributed by atoms with Crippen molar-refractivity contribution in [3.05, 3.63) is 0 Å². The van der Waals surface area contributed by atoms with Crippen molar-refractivity contribution in [1.29, 1.82) is 0 Å². The van der Waals surface area contributed by atoms with Crippen molar-refractivity contribution < 1.29 is 4.79 Å². The molecule has 0 saturated carbocycles. The Morgan fingerprint density at radius 2 is 2.38 bits per heavy atom. The highest BCUT2D eigenvalue weighted by Crippen LogP contribution is 1.91. The second kappa shape index (κ2) is 4.43. The molecule has 0 bridgehead atoms. The van der Waals surface area contributed by atoms with Crippen molar-refractivity contribution >= 4 is 41.1 Å². The summed E-state index contributed by atoms with van der Waals surface area (Å²) in [5, 5.41) is 0. The van der Waals surface area contributed by atoms with Gasteiger partial charge in [0.1, 0.15) is 0 Å². The Balaban J connectivity index is 3.46. The standard InChI is InChI=1S/C4H8INOS/c1-6(3-5)4(7)2-8/h8H,2-3H2,1H3. The second-order valence-corrected chi connectivity index (χ2v) is 2.37. The van der Waals surface area contributed by atoms with Gasteiger partial charge in [0.25, 0.3) is 0 Å². The number of thiol groups is 1. The van der Waals surface area contributed by atoms with Crippen LogP contribution < -0.4 is 0 Å². The first-order valence-corrected chi connectivity index (χ1v) is 4.29. The van der Waals surface area contributed by atoms with Crippen molar-refractivity contribution in [1.82, 2.24) is 4.90 Å². The van der Waals surface area contributed by atoms with Gasteiger partial charge in [-0.25, -0.2) is 0 Å². The topological polar surface area (TPSA) is 20.3 Å². The van der Waals surface area contributed by atoms with Crippen molar-refractivity contribution in [2.24, 2.45) is 0 Å². The van der Waals surface area contributed by atoms with Gasteiger partial charge in [-0.2, -0.15) is 12.6 Å². The molecule has 0 aliphatic carbocycles. The van der Waals surface area contributed by atoms with E-state index in [1.165, 1.54) is 0 Å². The molecule has 0 saturated heterocycles. The van der Waals surface area contributed by atoms with Crippen LogP contribution in [0.3, 0.4) is 0 Å². The van der Waals surface area contributed by atoms with Crippen molar-refractivity contribution in [3.63, 3.8) is 0 Å². The molecule has 0 fully saturated rings. The third kappa shape index (κ3) is 2.76. The van der Waals surface area contributed by atoms with E-state index in [2.05, 4.69) is 35.2 Å². The monoisotopic (exact) mass is 245 g/mol. The van der Waals surface area contributed by atoms with Gasteiger partial charge in [0.2, 0.25) is 5.91 Å². The van der Waals surface area contributed by atoms with Gasteiger partial charge in [-0.1, -0.05) is 22.6 Å². The lowest BCUT2D eigenvalue weighted by Crippen LogP contribution is -2.25. The largest absolute Gasteiger partial charge is 0.336 e. The number of alkyl halides is 1. The first-order chi connectivity index (χ1) is 3.72. The van der Waals surface area contributed by atoms with Crippen LogP contribution in [-0.4, -0.2) is 28.2 Å². The second-order valence-electron chi connectivity index (χ2n) is 1.37. The summed E-state index contributed by atoms with van der Waals surface area (Å²) >= 11 is 5.94. The molecule has 1 amide bonds. The normalized spacial score (nSPS) is 8.88. The van der Waals surface area contributed by atoms with Crippen LogP contribution in [0.15, 0.2) is 0 Å². The van der Waals surface area contributed by atoms with Gasteiger partial charge in [-0.05, 0) is 0 Å². The van der Waals surface area contributed by atoms with Gasteiger partial charge < -0.3 is 4.90 Å². The molecule has 0 heterocycles. The van der Waals surface area contributed by atoms with Gasteiger partial charge in [-0.15, -0.1) is 0 Å². The van der Waals surface area contributed by atoms with Gasteiger partial charge >= 0.3 is 0 Å². The summed E-state index contributed by atoms with van der Waals surface area (Å²) in [6, 6.07) is 0. The summed E-state index contributed by atoms with van der Waals surface area (Å²) in [4.78, 5) is 12.2. The van der Waals surface area contributed by atoms with E-state index >= 15 is 0 Å². The zero-order chi connectivity index (χ0) is 6.57. The van der Waals surface area contributed by atoms with Crippen LogP contribution in [-0.2, 0) is 4.79 Å². The molecule has 0 rings (SSSR count). The smallest absolute Gasteiger partial charge is 0.232 e. The number of carbonyl (C=O) groups is 1. The van der Waals surface area contributed by atoms with E-state index in [0.29, 0.717) is 5.75 Å². The Bertz CT molecular complexity index is 88.1. The van der Waals surface area contributed by atoms with E-state index in [1.807, 2.05) is 0 Å². The lowest BCUT2D eigenvalue weighted by molar-refractivity contribution is -0.126. The summed E-state index contributed by atoms with van der Waals surface area (Å²) < 4.78 is 0.733. The molecule has 0 aromatic rings. The average molecular weight is 245 g/mol. The van der Waals surface area contributed by atoms with Crippen LogP contribution in [0, 0.1) is 0 Å². The van der Waals surface area contributed by atoms with E-state index in [9.17, 15) is 4.79 Å². The Kier molecular flexibility index (Phi) is 4.74. The molecule has 0 N–H and O–H groups in total. The minimum absolute atomic E-state index is 0.0720. The highest BCUT2D eigenvalue weighted by Gasteiger charge is 2.01. The fourth-order valence-electron chi connectivity index (χ4n) is 0.187. The van der Waals surface area contributed by atoms with E-state index in [-0.39, 0.29) is 5.91 Å². The molecule has 48 valence electrons. The molecule has 0 unspecified atom stereocenters. The third-order valence-electron chi connectivity index (χ3n) is 0.740. The first-order valence-electron chi connectivity index (χ1n) is 2.13. The maximum Gasteiger partial charge on any atom is 0.232 e. The van der Waals surface area contributed by atoms with Gasteiger partial charge in [0, 0.05) is 7.05 Å². The number of halogens is 1. The zero-order valence-corrected chi connectivity index (χ0v) is 7.65. The maximum absolute atomic E-state index is 10.6. The number of carbonyl (C=O) groups excluding carboxylic acids is 1. The van der Waals surface area contributed by atoms with Gasteiger partial charge in [0.15, 0.2) is 0 Å². The van der Waals surface area contributed by atoms with Crippen molar-refractivity contribution in [2.75, 3.05) is 17.4 Å². The van der Waals surface area contributed by atoms with E-state index < -0.39 is 0 Å². The summed E-state index contributed by atoms with van der Waals surface area (Å²) in [6.07, 6.45) is 0. The van der Waals surface area contributed by atoms with Crippen LogP contribution in [0.1, 0.15) is 0 Å². The molecular weight excluding hydrogens is 237 g/mol. The van der Waals surface area contributed by atoms with E-state index in [1.54, 1.807) is 11.9 Å². The molecule has 0 aromatic carbocycles. The number of hydrogen-bond acceptors (Lipinski definition) is 2. The molecule has 0 spiro atoms. The SMILES string of the molecule is CN(CI)C(=O)CS. The molecule has 8 heavy (non-hydrogen) atoms. The average Bonchev–Trinajstić information content (AvgIpc) is 1.84. The summed E-state index contributed by atoms with van der Waals surface area (Å²) in [5.41, 5.74) is 0. The summed E-state index contributed by atoms with van der Waals surface area (Å²) in [7, 11) is 1.75. The first kappa shape index (κ1) is 8.55. The number of nitrogens with zero attached hydrogens (tertiary/aromatic N) is 1. The highest BCUT2D eigenvalue weighted by molar-refractivity contribution is 14.1. The van der Waals surface area contributed by atoms with Crippen LogP contribution >= 0.6 is 35.2 Å². The fraction of sp³-hybridized carbons (Fsp3) is 0.750. The van der Waals surface area contributed by atoms with Crippen LogP contribution in [0.5, 0.6) is 0 Å². The Labute approximate surface area is 68.2 Å². The summed E-state index contributed by atoms with van der Waals surface area (Å²) in [6.45, 7) is 0. The van der Waals surface area contributed by atoms with Crippen LogP contribution in [0.25, 0.3) is 0 Å². The Hall–Kier alpha value is 0.550. The van der Waals surface area contributed by atoms with Crippen molar-refractivity contribution in [3.8, 4) is 0 Å². The van der Waals surface area contributed by atoms with Crippen molar-refractivity contribution in [2.45, 2.75) is 0 Å². The molecule has 0 aromatic heterocycles. The Morgan fingerprint density at radius 1 is 1.88 bits per heavy atom. The predicted octanol–water partition coefficient (Wildman–Crippen LogP) is 0.767. The molecule has 0 aliphatic rings. The van der Waals surface area contributed by atoms with Crippen LogP contribution in [0.2, 0.25) is 0 Å². The maximum atomic E-state index is 10.6. The minimum atomic E-state index is 0.0720. The summed E-state index contributed by atoms with van der Waals surface area (Å²) in [5.74, 6) is 0.377. The number of amides is 1. The van der Waals surface area contributed by atoms with E-state index in [0.717, 1.165) is 4.55 Å². The number of hydrogen-bond donors (Lipinski definition) is 1. The fourth-order valence-corrected chi connectivity index (χ4v) is 0.809. The third-order valence-corrected chi connectivity index (χ3v) is 2.03. The Morgan fingerprint density at radius 3 is 2.50 bits per heavy atom. The highest BCUT2D eigenvalue weighted by atomic mass is 127. The lowest BCUT2D eigenvalue weighted by Gasteiger charge is -2.10. The molecule has 4 heteroatoms. The van der Waals surface area contributed by atoms with Gasteiger partial charge in [0.05, 0.1) is 10.3 Å². The zero-order valence-electron chi connectivity index (χ0n) is 4.59. The molecule has 0 atom stereocenters. The minimum Gasteiger partial charge on any atom is -0.336 e. The van der Waals surface area contributed by atoms with Crippen LogP contribution in [0.4, 0.5) is 0 Å².